The summed E-state index contributed by atoms with van der Waals surface area (Å²) in [6, 6.07) is 2.55. The largest absolute Gasteiger partial charge is 0.376 e. The second-order valence-corrected chi connectivity index (χ2v) is 3.83. The number of hydrogen-bond acceptors (Lipinski definition) is 2. The highest BCUT2D eigenvalue weighted by atomic mass is 35.5. The van der Waals surface area contributed by atoms with E-state index in [1.807, 2.05) is 0 Å². The molecule has 0 radical (unpaired) electrons. The Balaban J connectivity index is 3.06. The zero-order valence-corrected chi connectivity index (χ0v) is 9.88. The maximum Gasteiger partial charge on any atom is 0.221 e. The molecule has 1 aromatic rings. The third-order valence-corrected chi connectivity index (χ3v) is 2.01. The maximum absolute atomic E-state index is 13.5. The molecular formula is C9H9ClFN3OS. The Bertz CT molecular complexity index is 429. The van der Waals surface area contributed by atoms with E-state index in [1.54, 1.807) is 0 Å². The number of thiocarbonyl (C=S) groups is 1. The molecule has 4 nitrogen and oxygen atoms in total. The Morgan fingerprint density at radius 3 is 2.56 bits per heavy atom. The topological polar surface area (TPSA) is 67.2 Å². The molecule has 0 saturated heterocycles. The highest BCUT2D eigenvalue weighted by molar-refractivity contribution is 7.80. The van der Waals surface area contributed by atoms with E-state index < -0.39 is 11.7 Å². The van der Waals surface area contributed by atoms with Gasteiger partial charge in [-0.3, -0.25) is 4.79 Å². The van der Waals surface area contributed by atoms with Crippen molar-refractivity contribution in [2.45, 2.75) is 6.92 Å². The Labute approximate surface area is 102 Å². The van der Waals surface area contributed by atoms with Gasteiger partial charge in [0.2, 0.25) is 5.91 Å². The van der Waals surface area contributed by atoms with Gasteiger partial charge < -0.3 is 16.4 Å². The normalized spacial score (nSPS) is 9.69. The van der Waals surface area contributed by atoms with Crippen molar-refractivity contribution in [3.05, 3.63) is 23.0 Å². The third-order valence-electron chi connectivity index (χ3n) is 1.61. The summed E-state index contributed by atoms with van der Waals surface area (Å²) in [5, 5.41) is 4.89. The van der Waals surface area contributed by atoms with Gasteiger partial charge in [0.05, 0.1) is 10.7 Å². The molecule has 0 aliphatic carbocycles. The van der Waals surface area contributed by atoms with Crippen LogP contribution in [0.15, 0.2) is 12.1 Å². The van der Waals surface area contributed by atoms with Crippen LogP contribution in [0, 0.1) is 5.82 Å². The molecule has 0 spiro atoms. The fourth-order valence-electron chi connectivity index (χ4n) is 1.08. The van der Waals surface area contributed by atoms with Gasteiger partial charge in [0.1, 0.15) is 5.82 Å². The van der Waals surface area contributed by atoms with Gasteiger partial charge in [0.25, 0.3) is 0 Å². The molecule has 7 heteroatoms. The monoisotopic (exact) mass is 261 g/mol. The molecule has 1 rings (SSSR count). The number of rotatable bonds is 2. The molecule has 0 unspecified atom stereocenters. The van der Waals surface area contributed by atoms with E-state index in [0.29, 0.717) is 5.69 Å². The summed E-state index contributed by atoms with van der Waals surface area (Å²) in [4.78, 5) is 10.8. The summed E-state index contributed by atoms with van der Waals surface area (Å²) in [5.74, 6) is -1.07. The second-order valence-electron chi connectivity index (χ2n) is 2.99. The average Bonchev–Trinajstić information content (AvgIpc) is 2.10. The van der Waals surface area contributed by atoms with Crippen LogP contribution in [-0.2, 0) is 4.79 Å². The molecule has 86 valence electrons. The van der Waals surface area contributed by atoms with Crippen molar-refractivity contribution in [2.75, 3.05) is 10.6 Å². The first-order valence-corrected chi connectivity index (χ1v) is 5.02. The second kappa shape index (κ2) is 5.09. The van der Waals surface area contributed by atoms with Gasteiger partial charge >= 0.3 is 0 Å². The number of hydrogen-bond donors (Lipinski definition) is 3. The highest BCUT2D eigenvalue weighted by Crippen LogP contribution is 2.29. The molecule has 0 atom stereocenters. The molecule has 0 heterocycles. The van der Waals surface area contributed by atoms with Crippen LogP contribution in [0.5, 0.6) is 0 Å². The zero-order chi connectivity index (χ0) is 12.3. The Hall–Kier alpha value is -1.40. The number of anilines is 2. The van der Waals surface area contributed by atoms with Crippen molar-refractivity contribution < 1.29 is 9.18 Å². The van der Waals surface area contributed by atoms with Crippen molar-refractivity contribution in [1.82, 2.24) is 0 Å². The summed E-state index contributed by atoms with van der Waals surface area (Å²) in [7, 11) is 0. The van der Waals surface area contributed by atoms with Crippen LogP contribution in [0.2, 0.25) is 5.02 Å². The molecule has 0 aliphatic heterocycles. The van der Waals surface area contributed by atoms with Crippen LogP contribution >= 0.6 is 23.8 Å². The summed E-state index contributed by atoms with van der Waals surface area (Å²) in [6.07, 6.45) is 0. The van der Waals surface area contributed by atoms with Crippen LogP contribution in [0.4, 0.5) is 15.8 Å². The maximum atomic E-state index is 13.5. The minimum absolute atomic E-state index is 0.00254. The SMILES string of the molecule is CC(=O)Nc1c(F)cc(NC(N)=S)cc1Cl. The first-order chi connectivity index (χ1) is 7.40. The van der Waals surface area contributed by atoms with Crippen LogP contribution in [-0.4, -0.2) is 11.0 Å². The molecule has 0 aliphatic rings. The molecule has 1 amide bonds. The van der Waals surface area contributed by atoms with Crippen molar-refractivity contribution in [2.24, 2.45) is 5.73 Å². The molecule has 16 heavy (non-hydrogen) atoms. The van der Waals surface area contributed by atoms with Crippen molar-refractivity contribution in [3.63, 3.8) is 0 Å². The van der Waals surface area contributed by atoms with E-state index in [0.717, 1.165) is 6.07 Å². The van der Waals surface area contributed by atoms with Crippen LogP contribution in [0.1, 0.15) is 6.92 Å². The Morgan fingerprint density at radius 2 is 2.12 bits per heavy atom. The predicted molar refractivity (Wildman–Crippen MR) is 66.1 cm³/mol. The number of carbonyl (C=O) groups is 1. The van der Waals surface area contributed by atoms with Gasteiger partial charge in [-0.1, -0.05) is 11.6 Å². The lowest BCUT2D eigenvalue weighted by molar-refractivity contribution is -0.114. The van der Waals surface area contributed by atoms with E-state index in [1.165, 1.54) is 13.0 Å². The summed E-state index contributed by atoms with van der Waals surface area (Å²) >= 11 is 10.4. The molecule has 1 aromatic carbocycles. The molecule has 4 N–H and O–H groups in total. The fraction of sp³-hybridized carbons (Fsp3) is 0.111. The van der Waals surface area contributed by atoms with Gasteiger partial charge in [-0.2, -0.15) is 0 Å². The van der Waals surface area contributed by atoms with Gasteiger partial charge in [0, 0.05) is 12.6 Å². The van der Waals surface area contributed by atoms with Crippen molar-refractivity contribution in [1.29, 1.82) is 0 Å². The highest BCUT2D eigenvalue weighted by Gasteiger charge is 2.11. The van der Waals surface area contributed by atoms with Gasteiger partial charge in [-0.05, 0) is 24.4 Å². The lowest BCUT2D eigenvalue weighted by atomic mass is 10.2. The smallest absolute Gasteiger partial charge is 0.221 e. The number of carbonyl (C=O) groups excluding carboxylic acids is 1. The molecule has 0 saturated carbocycles. The van der Waals surface area contributed by atoms with Crippen LogP contribution in [0.25, 0.3) is 0 Å². The van der Waals surface area contributed by atoms with Crippen LogP contribution in [0.3, 0.4) is 0 Å². The molecular weight excluding hydrogens is 253 g/mol. The lowest BCUT2D eigenvalue weighted by Crippen LogP contribution is -2.19. The van der Waals surface area contributed by atoms with Crippen LogP contribution < -0.4 is 16.4 Å². The molecule has 0 bridgehead atoms. The van der Waals surface area contributed by atoms with Crippen molar-refractivity contribution >= 4 is 46.2 Å². The first-order valence-electron chi connectivity index (χ1n) is 4.23. The minimum Gasteiger partial charge on any atom is -0.376 e. The van der Waals surface area contributed by atoms with E-state index in [4.69, 9.17) is 17.3 Å². The van der Waals surface area contributed by atoms with E-state index in [9.17, 15) is 9.18 Å². The number of nitrogens with two attached hydrogens (primary N) is 1. The fourth-order valence-corrected chi connectivity index (χ4v) is 1.46. The zero-order valence-electron chi connectivity index (χ0n) is 8.30. The molecule has 0 aromatic heterocycles. The van der Waals surface area contributed by atoms with Gasteiger partial charge in [-0.25, -0.2) is 4.39 Å². The van der Waals surface area contributed by atoms with E-state index in [2.05, 4.69) is 22.9 Å². The minimum atomic E-state index is -0.665. The third kappa shape index (κ3) is 3.32. The number of nitrogens with one attached hydrogen (secondary N) is 2. The number of benzene rings is 1. The standard InChI is InChI=1S/C9H9ClFN3OS/c1-4(15)13-8-6(10)2-5(3-7(8)11)14-9(12)16/h2-3H,1H3,(H,13,15)(H3,12,14,16). The first kappa shape index (κ1) is 12.7. The van der Waals surface area contributed by atoms with Gasteiger partial charge in [-0.15, -0.1) is 0 Å². The van der Waals surface area contributed by atoms with Gasteiger partial charge in [0.15, 0.2) is 5.11 Å². The summed E-state index contributed by atoms with van der Waals surface area (Å²) in [6.45, 7) is 1.26. The van der Waals surface area contributed by atoms with Crippen molar-refractivity contribution in [3.8, 4) is 0 Å². The predicted octanol–water partition coefficient (Wildman–Crippen LogP) is 2.09. The molecule has 0 fully saturated rings. The average molecular weight is 262 g/mol. The number of halogens is 2. The lowest BCUT2D eigenvalue weighted by Gasteiger charge is -2.10. The quantitative estimate of drug-likeness (QED) is 0.713. The Kier molecular flexibility index (Phi) is 4.03. The Morgan fingerprint density at radius 1 is 1.50 bits per heavy atom. The van der Waals surface area contributed by atoms with E-state index in [-0.39, 0.29) is 15.8 Å². The number of amides is 1. The summed E-state index contributed by atoms with van der Waals surface area (Å²) < 4.78 is 13.5. The van der Waals surface area contributed by atoms with E-state index >= 15 is 0 Å². The summed E-state index contributed by atoms with van der Waals surface area (Å²) in [5.41, 5.74) is 5.48.